The lowest BCUT2D eigenvalue weighted by molar-refractivity contribution is 0.145. The van der Waals surface area contributed by atoms with Crippen LogP contribution in [-0.4, -0.2) is 56.3 Å². The van der Waals surface area contributed by atoms with Crippen LogP contribution in [0.2, 0.25) is 0 Å². The van der Waals surface area contributed by atoms with E-state index in [9.17, 15) is 0 Å². The molecule has 0 aromatic rings. The molecule has 5 nitrogen and oxygen atoms in total. The fourth-order valence-electron chi connectivity index (χ4n) is 2.48. The maximum atomic E-state index is 5.87. The fraction of sp³-hybridized carbons (Fsp3) is 0.929. The van der Waals surface area contributed by atoms with Crippen molar-refractivity contribution in [3.63, 3.8) is 0 Å². The summed E-state index contributed by atoms with van der Waals surface area (Å²) in [6.45, 7) is 9.75. The zero-order chi connectivity index (χ0) is 13.9. The van der Waals surface area contributed by atoms with Crippen LogP contribution in [0.4, 0.5) is 0 Å². The van der Waals surface area contributed by atoms with Crippen LogP contribution in [0.25, 0.3) is 0 Å². The summed E-state index contributed by atoms with van der Waals surface area (Å²) in [7, 11) is 0. The normalized spacial score (nSPS) is 20.5. The van der Waals surface area contributed by atoms with Gasteiger partial charge in [-0.3, -0.25) is 9.89 Å². The molecule has 20 heavy (non-hydrogen) atoms. The lowest BCUT2D eigenvalue weighted by Gasteiger charge is -2.33. The highest BCUT2D eigenvalue weighted by atomic mass is 127. The number of hydrogen-bond acceptors (Lipinski definition) is 3. The van der Waals surface area contributed by atoms with Gasteiger partial charge in [-0.05, 0) is 39.3 Å². The molecule has 1 aliphatic rings. The van der Waals surface area contributed by atoms with E-state index in [1.165, 1.54) is 25.8 Å². The van der Waals surface area contributed by atoms with Gasteiger partial charge in [-0.25, -0.2) is 0 Å². The highest BCUT2D eigenvalue weighted by molar-refractivity contribution is 14.0. The highest BCUT2D eigenvalue weighted by Gasteiger charge is 2.20. The average molecular weight is 398 g/mol. The molecule has 1 saturated heterocycles. The van der Waals surface area contributed by atoms with E-state index in [4.69, 9.17) is 10.5 Å². The molecule has 0 saturated carbocycles. The van der Waals surface area contributed by atoms with Gasteiger partial charge >= 0.3 is 0 Å². The maximum Gasteiger partial charge on any atom is 0.188 e. The molecule has 1 fully saturated rings. The van der Waals surface area contributed by atoms with Gasteiger partial charge in [0.05, 0.1) is 6.54 Å². The quantitative estimate of drug-likeness (QED) is 0.283. The van der Waals surface area contributed by atoms with Crippen LogP contribution in [-0.2, 0) is 4.74 Å². The molecule has 3 N–H and O–H groups in total. The van der Waals surface area contributed by atoms with E-state index >= 15 is 0 Å². The number of nitrogens with one attached hydrogen (secondary N) is 1. The summed E-state index contributed by atoms with van der Waals surface area (Å²) in [5.41, 5.74) is 5.87. The summed E-state index contributed by atoms with van der Waals surface area (Å²) in [5.74, 6) is 0.568. The Morgan fingerprint density at radius 1 is 1.40 bits per heavy atom. The third kappa shape index (κ3) is 8.26. The monoisotopic (exact) mass is 398 g/mol. The van der Waals surface area contributed by atoms with Crippen LogP contribution < -0.4 is 11.1 Å². The number of likely N-dealkylation sites (N-methyl/N-ethyl adjacent to an activating group) is 1. The predicted molar refractivity (Wildman–Crippen MR) is 95.9 cm³/mol. The van der Waals surface area contributed by atoms with Crippen molar-refractivity contribution in [2.75, 3.05) is 39.4 Å². The van der Waals surface area contributed by atoms with E-state index in [1.807, 2.05) is 6.92 Å². The Labute approximate surface area is 140 Å². The molecule has 0 amide bonds. The minimum Gasteiger partial charge on any atom is -0.382 e. The first-order valence-electron chi connectivity index (χ1n) is 7.63. The predicted octanol–water partition coefficient (Wildman–Crippen LogP) is 1.81. The van der Waals surface area contributed by atoms with Crippen molar-refractivity contribution in [2.24, 2.45) is 10.7 Å². The zero-order valence-corrected chi connectivity index (χ0v) is 15.3. The Kier molecular flexibility index (Phi) is 12.6. The third-order valence-corrected chi connectivity index (χ3v) is 3.60. The number of likely N-dealkylation sites (tertiary alicyclic amines) is 1. The van der Waals surface area contributed by atoms with Crippen molar-refractivity contribution in [3.05, 3.63) is 0 Å². The van der Waals surface area contributed by atoms with Gasteiger partial charge in [-0.2, -0.15) is 0 Å². The van der Waals surface area contributed by atoms with E-state index in [0.717, 1.165) is 39.3 Å². The third-order valence-electron chi connectivity index (χ3n) is 3.60. The summed E-state index contributed by atoms with van der Waals surface area (Å²) in [5, 5.41) is 3.14. The van der Waals surface area contributed by atoms with Crippen molar-refractivity contribution in [1.29, 1.82) is 0 Å². The standard InChI is InChI=1S/C14H30N4O.HI/c1-3-18-10-6-5-8-13(18)12-17-14(15)16-9-7-11-19-4-2;/h13H,3-12H2,1-2H3,(H3,15,16,17);1H. The molecular weight excluding hydrogens is 367 g/mol. The van der Waals surface area contributed by atoms with Crippen molar-refractivity contribution >= 4 is 29.9 Å². The molecule has 1 rings (SSSR count). The first kappa shape index (κ1) is 19.9. The second-order valence-corrected chi connectivity index (χ2v) is 4.98. The number of ether oxygens (including phenoxy) is 1. The number of nitrogens with two attached hydrogens (primary N) is 1. The Morgan fingerprint density at radius 2 is 2.20 bits per heavy atom. The van der Waals surface area contributed by atoms with Gasteiger partial charge in [0.25, 0.3) is 0 Å². The SMILES string of the molecule is CCOCCCNC(N)=NCC1CCCCN1CC.I. The van der Waals surface area contributed by atoms with Crippen molar-refractivity contribution in [2.45, 2.75) is 45.6 Å². The Morgan fingerprint density at radius 3 is 2.90 bits per heavy atom. The molecule has 6 heteroatoms. The van der Waals surface area contributed by atoms with Crippen LogP contribution in [0.3, 0.4) is 0 Å². The van der Waals surface area contributed by atoms with Gasteiger partial charge in [0.1, 0.15) is 0 Å². The van der Waals surface area contributed by atoms with Gasteiger partial charge in [-0.15, -0.1) is 24.0 Å². The minimum absolute atomic E-state index is 0. The second kappa shape index (κ2) is 12.6. The van der Waals surface area contributed by atoms with Gasteiger partial charge in [-0.1, -0.05) is 13.3 Å². The number of hydrogen-bond donors (Lipinski definition) is 2. The summed E-state index contributed by atoms with van der Waals surface area (Å²) >= 11 is 0. The zero-order valence-electron chi connectivity index (χ0n) is 12.9. The lowest BCUT2D eigenvalue weighted by atomic mass is 10.0. The second-order valence-electron chi connectivity index (χ2n) is 4.98. The van der Waals surface area contributed by atoms with Crippen LogP contribution in [0.5, 0.6) is 0 Å². The van der Waals surface area contributed by atoms with E-state index in [1.54, 1.807) is 0 Å². The summed E-state index contributed by atoms with van der Waals surface area (Å²) in [6.07, 6.45) is 4.85. The molecule has 0 aliphatic carbocycles. The Hall–Kier alpha value is -0.0800. The van der Waals surface area contributed by atoms with Gasteiger partial charge in [0.2, 0.25) is 0 Å². The Balaban J connectivity index is 0.00000361. The van der Waals surface area contributed by atoms with Crippen molar-refractivity contribution in [3.8, 4) is 0 Å². The molecule has 0 radical (unpaired) electrons. The minimum atomic E-state index is 0. The van der Waals surface area contributed by atoms with Crippen LogP contribution in [0, 0.1) is 0 Å². The molecule has 0 spiro atoms. The Bertz CT molecular complexity index is 264. The van der Waals surface area contributed by atoms with E-state index in [2.05, 4.69) is 22.1 Å². The van der Waals surface area contributed by atoms with E-state index in [-0.39, 0.29) is 24.0 Å². The molecule has 1 aliphatic heterocycles. The number of aliphatic imine (C=N–C) groups is 1. The van der Waals surface area contributed by atoms with Crippen LogP contribution in [0.1, 0.15) is 39.5 Å². The largest absolute Gasteiger partial charge is 0.382 e. The van der Waals surface area contributed by atoms with Gasteiger partial charge in [0, 0.05) is 25.8 Å². The summed E-state index contributed by atoms with van der Waals surface area (Å²) < 4.78 is 5.27. The smallest absolute Gasteiger partial charge is 0.188 e. The number of halogens is 1. The molecule has 1 heterocycles. The molecule has 1 atom stereocenters. The van der Waals surface area contributed by atoms with Crippen LogP contribution in [0.15, 0.2) is 4.99 Å². The summed E-state index contributed by atoms with van der Waals surface area (Å²) in [6, 6.07) is 0.572. The van der Waals surface area contributed by atoms with Crippen LogP contribution >= 0.6 is 24.0 Å². The molecule has 1 unspecified atom stereocenters. The van der Waals surface area contributed by atoms with Crippen molar-refractivity contribution < 1.29 is 4.74 Å². The molecule has 0 bridgehead atoms. The molecule has 120 valence electrons. The lowest BCUT2D eigenvalue weighted by Crippen LogP contribution is -2.42. The maximum absolute atomic E-state index is 5.87. The number of nitrogens with zero attached hydrogens (tertiary/aromatic N) is 2. The van der Waals surface area contributed by atoms with Gasteiger partial charge < -0.3 is 15.8 Å². The van der Waals surface area contributed by atoms with E-state index < -0.39 is 0 Å². The topological polar surface area (TPSA) is 62.9 Å². The average Bonchev–Trinajstić information content (AvgIpc) is 2.45. The van der Waals surface area contributed by atoms with E-state index in [0.29, 0.717) is 12.0 Å². The van der Waals surface area contributed by atoms with Gasteiger partial charge in [0.15, 0.2) is 5.96 Å². The highest BCUT2D eigenvalue weighted by Crippen LogP contribution is 2.16. The molecular formula is C14H31IN4O. The first-order chi connectivity index (χ1) is 9.27. The number of rotatable bonds is 8. The summed E-state index contributed by atoms with van der Waals surface area (Å²) in [4.78, 5) is 6.97. The number of piperidine rings is 1. The van der Waals surface area contributed by atoms with Crippen molar-refractivity contribution in [1.82, 2.24) is 10.2 Å². The number of guanidine groups is 1. The molecule has 0 aromatic heterocycles. The first-order valence-corrected chi connectivity index (χ1v) is 7.63. The fourth-order valence-corrected chi connectivity index (χ4v) is 2.48. The molecule has 0 aromatic carbocycles.